The maximum Gasteiger partial charge on any atom is 0.330 e. The Morgan fingerprint density at radius 1 is 0.650 bits per heavy atom. The second kappa shape index (κ2) is 17.7. The molecule has 3 rings (SSSR count). The first-order valence-electron chi connectivity index (χ1n) is 14.4. The minimum atomic E-state index is -0.360. The highest BCUT2D eigenvalue weighted by molar-refractivity contribution is 5.84. The molecule has 1 aliphatic carbocycles. The third kappa shape index (κ3) is 11.1. The Bertz CT molecular complexity index is 1130. The number of carbonyl (C=O) groups is 2. The first-order chi connectivity index (χ1) is 19.6. The summed E-state index contributed by atoms with van der Waals surface area (Å²) in [7, 11) is 0. The summed E-state index contributed by atoms with van der Waals surface area (Å²) in [6, 6.07) is 14.7. The van der Waals surface area contributed by atoms with E-state index < -0.39 is 0 Å². The lowest BCUT2D eigenvalue weighted by atomic mass is 9.88. The smallest absolute Gasteiger partial charge is 0.330 e. The van der Waals surface area contributed by atoms with Gasteiger partial charge in [0.25, 0.3) is 0 Å². The van der Waals surface area contributed by atoms with Gasteiger partial charge < -0.3 is 18.9 Å². The molecule has 0 saturated carbocycles. The number of hydrogen-bond donors (Lipinski definition) is 0. The standard InChI is InChI=1S/C34H42O6/c1-3-33(35)39-23-11-7-5-9-21-37-31-18-15-27(16-19-31)28-13-14-30-26-32(20-17-29(30)25-28)38-22-10-6-8-12-24-40-34(36)4-2/h3-4,15-20,25-26H,1-2,5-14,21-24H2. The van der Waals surface area contributed by atoms with Crippen LogP contribution in [0.15, 0.2) is 67.8 Å². The molecular formula is C34H42O6. The second-order valence-electron chi connectivity index (χ2n) is 9.82. The number of benzene rings is 2. The summed E-state index contributed by atoms with van der Waals surface area (Å²) in [6.07, 6.45) is 14.4. The van der Waals surface area contributed by atoms with Crippen LogP contribution in [0.2, 0.25) is 0 Å². The molecule has 6 heteroatoms. The number of allylic oxidation sites excluding steroid dienone is 1. The number of fused-ring (bicyclic) bond motifs is 1. The number of carbonyl (C=O) groups excluding carboxylic acids is 2. The SMILES string of the molecule is C=CC(=O)OCCCCCCOc1ccc(C2=Cc3ccc(OCCCCCCOC(=O)C=C)cc3CC2)cc1. The summed E-state index contributed by atoms with van der Waals surface area (Å²) in [5.41, 5.74) is 5.14. The van der Waals surface area contributed by atoms with Gasteiger partial charge in [-0.2, -0.15) is 0 Å². The monoisotopic (exact) mass is 546 g/mol. The van der Waals surface area contributed by atoms with Crippen LogP contribution in [-0.2, 0) is 25.5 Å². The van der Waals surface area contributed by atoms with Gasteiger partial charge in [0.05, 0.1) is 26.4 Å². The number of hydrogen-bond acceptors (Lipinski definition) is 6. The van der Waals surface area contributed by atoms with E-state index in [1.54, 1.807) is 0 Å². The zero-order valence-electron chi connectivity index (χ0n) is 23.5. The Kier molecular flexibility index (Phi) is 13.6. The molecule has 0 heterocycles. The fourth-order valence-corrected chi connectivity index (χ4v) is 4.51. The van der Waals surface area contributed by atoms with Crippen LogP contribution in [0.1, 0.15) is 74.5 Å². The fourth-order valence-electron chi connectivity index (χ4n) is 4.51. The quantitative estimate of drug-likeness (QED) is 0.103. The number of aryl methyl sites for hydroxylation is 1. The van der Waals surface area contributed by atoms with E-state index in [0.717, 1.165) is 75.7 Å². The summed E-state index contributed by atoms with van der Waals surface area (Å²) < 4.78 is 21.9. The van der Waals surface area contributed by atoms with Gasteiger partial charge in [-0.25, -0.2) is 9.59 Å². The second-order valence-corrected chi connectivity index (χ2v) is 9.82. The molecule has 0 unspecified atom stereocenters. The van der Waals surface area contributed by atoms with Crippen LogP contribution in [0.4, 0.5) is 0 Å². The van der Waals surface area contributed by atoms with E-state index in [1.165, 1.54) is 34.4 Å². The first-order valence-corrected chi connectivity index (χ1v) is 14.4. The van der Waals surface area contributed by atoms with Crippen LogP contribution in [0.5, 0.6) is 11.5 Å². The minimum absolute atomic E-state index is 0.358. The van der Waals surface area contributed by atoms with Gasteiger partial charge in [0, 0.05) is 12.2 Å². The molecule has 0 atom stereocenters. The Morgan fingerprint density at radius 3 is 1.75 bits per heavy atom. The van der Waals surface area contributed by atoms with Gasteiger partial charge >= 0.3 is 11.9 Å². The summed E-state index contributed by atoms with van der Waals surface area (Å²) in [5.74, 6) is 1.09. The summed E-state index contributed by atoms with van der Waals surface area (Å²) in [6.45, 7) is 9.04. The average Bonchev–Trinajstić information content (AvgIpc) is 2.99. The lowest BCUT2D eigenvalue weighted by Gasteiger charge is -2.18. The van der Waals surface area contributed by atoms with E-state index in [-0.39, 0.29) is 11.9 Å². The molecule has 0 radical (unpaired) electrons. The van der Waals surface area contributed by atoms with Gasteiger partial charge in [0.2, 0.25) is 0 Å². The van der Waals surface area contributed by atoms with Gasteiger partial charge in [-0.05, 0) is 111 Å². The van der Waals surface area contributed by atoms with E-state index in [9.17, 15) is 9.59 Å². The van der Waals surface area contributed by atoms with E-state index in [2.05, 4.69) is 49.6 Å². The van der Waals surface area contributed by atoms with Gasteiger partial charge in [0.1, 0.15) is 11.5 Å². The Labute approximate surface area is 238 Å². The molecule has 0 spiro atoms. The van der Waals surface area contributed by atoms with Crippen molar-refractivity contribution in [1.82, 2.24) is 0 Å². The van der Waals surface area contributed by atoms with Crippen LogP contribution in [0, 0.1) is 0 Å². The lowest BCUT2D eigenvalue weighted by Crippen LogP contribution is -2.03. The predicted molar refractivity (Wildman–Crippen MR) is 159 cm³/mol. The molecule has 0 saturated heterocycles. The molecule has 0 fully saturated rings. The van der Waals surface area contributed by atoms with E-state index in [1.807, 2.05) is 12.1 Å². The van der Waals surface area contributed by atoms with Crippen molar-refractivity contribution in [3.8, 4) is 11.5 Å². The third-order valence-electron chi connectivity index (χ3n) is 6.77. The number of unbranched alkanes of at least 4 members (excludes halogenated alkanes) is 6. The van der Waals surface area contributed by atoms with Crippen molar-refractivity contribution in [2.75, 3.05) is 26.4 Å². The molecule has 0 bridgehead atoms. The zero-order chi connectivity index (χ0) is 28.4. The van der Waals surface area contributed by atoms with Gasteiger partial charge in [-0.3, -0.25) is 0 Å². The summed E-state index contributed by atoms with van der Waals surface area (Å²) in [4.78, 5) is 22.0. The van der Waals surface area contributed by atoms with Crippen molar-refractivity contribution in [3.05, 3.63) is 84.5 Å². The third-order valence-corrected chi connectivity index (χ3v) is 6.77. The Morgan fingerprint density at radius 2 is 1.18 bits per heavy atom. The molecule has 2 aromatic carbocycles. The maximum absolute atomic E-state index is 11.0. The van der Waals surface area contributed by atoms with Crippen molar-refractivity contribution in [3.63, 3.8) is 0 Å². The van der Waals surface area contributed by atoms with Crippen molar-refractivity contribution >= 4 is 23.6 Å². The molecule has 40 heavy (non-hydrogen) atoms. The Balaban J connectivity index is 1.34. The van der Waals surface area contributed by atoms with E-state index in [4.69, 9.17) is 18.9 Å². The molecule has 0 N–H and O–H groups in total. The minimum Gasteiger partial charge on any atom is -0.494 e. The maximum atomic E-state index is 11.0. The first kappa shape index (κ1) is 30.7. The Hall–Kier alpha value is -3.80. The molecule has 214 valence electrons. The van der Waals surface area contributed by atoms with Gasteiger partial charge in [0.15, 0.2) is 0 Å². The number of ether oxygens (including phenoxy) is 4. The van der Waals surface area contributed by atoms with E-state index >= 15 is 0 Å². The number of esters is 2. The molecule has 0 amide bonds. The van der Waals surface area contributed by atoms with E-state index in [0.29, 0.717) is 26.4 Å². The highest BCUT2D eigenvalue weighted by Gasteiger charge is 2.13. The fraction of sp³-hybridized carbons (Fsp3) is 0.412. The molecule has 0 aromatic heterocycles. The summed E-state index contributed by atoms with van der Waals surface area (Å²) in [5, 5.41) is 0. The summed E-state index contributed by atoms with van der Waals surface area (Å²) >= 11 is 0. The number of rotatable bonds is 19. The normalized spacial score (nSPS) is 12.1. The van der Waals surface area contributed by atoms with Gasteiger partial charge in [-0.1, -0.05) is 37.4 Å². The van der Waals surface area contributed by atoms with Crippen molar-refractivity contribution in [2.45, 2.75) is 64.2 Å². The lowest BCUT2D eigenvalue weighted by molar-refractivity contribution is -0.138. The van der Waals surface area contributed by atoms with Crippen LogP contribution in [-0.4, -0.2) is 38.4 Å². The average molecular weight is 547 g/mol. The molecule has 2 aromatic rings. The van der Waals surface area contributed by atoms with Crippen molar-refractivity contribution in [2.24, 2.45) is 0 Å². The van der Waals surface area contributed by atoms with Crippen LogP contribution in [0.3, 0.4) is 0 Å². The van der Waals surface area contributed by atoms with Crippen molar-refractivity contribution in [1.29, 1.82) is 0 Å². The molecule has 1 aliphatic rings. The van der Waals surface area contributed by atoms with Crippen LogP contribution >= 0.6 is 0 Å². The largest absolute Gasteiger partial charge is 0.494 e. The van der Waals surface area contributed by atoms with Crippen LogP contribution in [0.25, 0.3) is 11.6 Å². The van der Waals surface area contributed by atoms with Crippen molar-refractivity contribution < 1.29 is 28.5 Å². The highest BCUT2D eigenvalue weighted by atomic mass is 16.5. The molecular weight excluding hydrogens is 504 g/mol. The van der Waals surface area contributed by atoms with Crippen LogP contribution < -0.4 is 9.47 Å². The zero-order valence-corrected chi connectivity index (χ0v) is 23.5. The topological polar surface area (TPSA) is 71.1 Å². The molecule has 6 nitrogen and oxygen atoms in total. The predicted octanol–water partition coefficient (Wildman–Crippen LogP) is 7.51. The molecule has 0 aliphatic heterocycles. The van der Waals surface area contributed by atoms with Gasteiger partial charge in [-0.15, -0.1) is 0 Å². The highest BCUT2D eigenvalue weighted by Crippen LogP contribution is 2.33.